The van der Waals surface area contributed by atoms with Crippen LogP contribution in [0.4, 0.5) is 5.69 Å². The fourth-order valence-corrected chi connectivity index (χ4v) is 3.35. The number of benzene rings is 1. The summed E-state index contributed by atoms with van der Waals surface area (Å²) >= 11 is 0. The maximum absolute atomic E-state index is 12.9. The molecule has 2 N–H and O–H groups in total. The van der Waals surface area contributed by atoms with Gasteiger partial charge in [-0.1, -0.05) is 30.3 Å². The number of amides is 1. The number of ketones is 1. The van der Waals surface area contributed by atoms with E-state index in [4.69, 9.17) is 5.73 Å². The number of aromatic nitrogens is 2. The van der Waals surface area contributed by atoms with Crippen molar-refractivity contribution in [2.75, 3.05) is 0 Å². The van der Waals surface area contributed by atoms with Gasteiger partial charge in [-0.2, -0.15) is 0 Å². The zero-order chi connectivity index (χ0) is 22.0. The first-order valence-electron chi connectivity index (χ1n) is 9.11. The first-order valence-corrected chi connectivity index (χ1v) is 9.11. The van der Waals surface area contributed by atoms with Crippen LogP contribution >= 0.6 is 0 Å². The number of nitrogens with two attached hydrogens (primary N) is 1. The number of rotatable bonds is 7. The molecule has 9 heteroatoms. The van der Waals surface area contributed by atoms with Crippen molar-refractivity contribution in [3.8, 4) is 0 Å². The number of aryl methyl sites for hydroxylation is 1. The Morgan fingerprint density at radius 1 is 1.10 bits per heavy atom. The first-order chi connectivity index (χ1) is 14.2. The van der Waals surface area contributed by atoms with E-state index in [9.17, 15) is 24.5 Å². The molecule has 1 amide bonds. The number of carbonyl (C=O) groups excluding carboxylic acids is 2. The van der Waals surface area contributed by atoms with Gasteiger partial charge in [0.25, 0.3) is 17.2 Å². The number of carbonyl (C=O) groups is 2. The summed E-state index contributed by atoms with van der Waals surface area (Å²) in [4.78, 5) is 47.2. The van der Waals surface area contributed by atoms with Crippen LogP contribution in [0.25, 0.3) is 0 Å². The second kappa shape index (κ2) is 8.16. The molecule has 0 radical (unpaired) electrons. The number of nitrogens with zero attached hydrogens (tertiary/aromatic N) is 3. The standard InChI is InChI=1S/C21H20N4O5/c1-13-8-17(14(2)24(13)10-15-6-4-3-5-7-15)19(26)12-23-11-16(25(29)30)9-18(20(22)27)21(23)28/h3-9,11H,10,12H2,1-2H3,(H2,22,27). The van der Waals surface area contributed by atoms with E-state index in [-0.39, 0.29) is 0 Å². The summed E-state index contributed by atoms with van der Waals surface area (Å²) in [6, 6.07) is 12.3. The van der Waals surface area contributed by atoms with Crippen LogP contribution in [0.1, 0.15) is 37.7 Å². The van der Waals surface area contributed by atoms with E-state index in [0.29, 0.717) is 12.1 Å². The normalized spacial score (nSPS) is 10.7. The lowest BCUT2D eigenvalue weighted by molar-refractivity contribution is -0.385. The molecule has 2 heterocycles. The molecular formula is C21H20N4O5. The van der Waals surface area contributed by atoms with Gasteiger partial charge in [0.15, 0.2) is 5.78 Å². The Balaban J connectivity index is 1.95. The molecule has 3 aromatic rings. The van der Waals surface area contributed by atoms with Gasteiger partial charge in [0.05, 0.1) is 17.7 Å². The van der Waals surface area contributed by atoms with Crippen molar-refractivity contribution in [2.45, 2.75) is 26.9 Å². The SMILES string of the molecule is Cc1cc(C(=O)Cn2cc([N+](=O)[O-])cc(C(N)=O)c2=O)c(C)n1Cc1ccccc1. The molecule has 0 aliphatic carbocycles. The van der Waals surface area contributed by atoms with Crippen LogP contribution < -0.4 is 11.3 Å². The monoisotopic (exact) mass is 408 g/mol. The van der Waals surface area contributed by atoms with E-state index < -0.39 is 40.0 Å². The molecule has 3 rings (SSSR count). The summed E-state index contributed by atoms with van der Waals surface area (Å²) in [5.41, 5.74) is 6.33. The van der Waals surface area contributed by atoms with E-state index >= 15 is 0 Å². The molecule has 2 aromatic heterocycles. The smallest absolute Gasteiger partial charge is 0.286 e. The summed E-state index contributed by atoms with van der Waals surface area (Å²) < 4.78 is 2.83. The minimum Gasteiger partial charge on any atom is -0.365 e. The third-order valence-electron chi connectivity index (χ3n) is 4.92. The Bertz CT molecular complexity index is 1210. The van der Waals surface area contributed by atoms with Crippen molar-refractivity contribution >= 4 is 17.4 Å². The van der Waals surface area contributed by atoms with Crippen molar-refractivity contribution in [1.29, 1.82) is 0 Å². The molecule has 0 saturated heterocycles. The molecule has 1 aromatic carbocycles. The lowest BCUT2D eigenvalue weighted by Crippen LogP contribution is -2.31. The molecule has 0 bridgehead atoms. The van der Waals surface area contributed by atoms with Crippen LogP contribution in [0.15, 0.2) is 53.5 Å². The first kappa shape index (κ1) is 20.7. The molecule has 30 heavy (non-hydrogen) atoms. The van der Waals surface area contributed by atoms with Gasteiger partial charge >= 0.3 is 0 Å². The molecular weight excluding hydrogens is 388 g/mol. The highest BCUT2D eigenvalue weighted by Gasteiger charge is 2.21. The summed E-state index contributed by atoms with van der Waals surface area (Å²) in [5.74, 6) is -1.49. The van der Waals surface area contributed by atoms with Crippen molar-refractivity contribution < 1.29 is 14.5 Å². The highest BCUT2D eigenvalue weighted by atomic mass is 16.6. The van der Waals surface area contributed by atoms with Gasteiger partial charge in [0.2, 0.25) is 0 Å². The highest BCUT2D eigenvalue weighted by Crippen LogP contribution is 2.19. The number of nitro groups is 1. The van der Waals surface area contributed by atoms with Crippen molar-refractivity contribution in [3.63, 3.8) is 0 Å². The molecule has 0 unspecified atom stereocenters. The Hall–Kier alpha value is -4.01. The Morgan fingerprint density at radius 3 is 2.37 bits per heavy atom. The average Bonchev–Trinajstić information content (AvgIpc) is 2.98. The second-order valence-corrected chi connectivity index (χ2v) is 6.95. The molecule has 0 aliphatic heterocycles. The van der Waals surface area contributed by atoms with Gasteiger partial charge in [-0.25, -0.2) is 0 Å². The van der Waals surface area contributed by atoms with Crippen LogP contribution in [-0.2, 0) is 13.1 Å². The van der Waals surface area contributed by atoms with Crippen molar-refractivity contribution in [2.24, 2.45) is 5.73 Å². The summed E-state index contributed by atoms with van der Waals surface area (Å²) in [6.45, 7) is 3.80. The summed E-state index contributed by atoms with van der Waals surface area (Å²) in [5, 5.41) is 11.1. The van der Waals surface area contributed by atoms with Gasteiger partial charge < -0.3 is 14.9 Å². The van der Waals surface area contributed by atoms with Crippen LogP contribution in [0.5, 0.6) is 0 Å². The third-order valence-corrected chi connectivity index (χ3v) is 4.92. The van der Waals surface area contributed by atoms with Gasteiger partial charge in [-0.3, -0.25) is 24.5 Å². The predicted molar refractivity (Wildman–Crippen MR) is 110 cm³/mol. The van der Waals surface area contributed by atoms with Crippen LogP contribution in [0.2, 0.25) is 0 Å². The van der Waals surface area contributed by atoms with Crippen LogP contribution in [0, 0.1) is 24.0 Å². The molecule has 9 nitrogen and oxygen atoms in total. The Kier molecular flexibility index (Phi) is 5.63. The number of primary amides is 1. The number of Topliss-reactive ketones (excluding diaryl/α,β-unsaturated/α-hetero) is 1. The van der Waals surface area contributed by atoms with E-state index in [1.807, 2.05) is 41.8 Å². The third kappa shape index (κ3) is 4.04. The molecule has 0 spiro atoms. The van der Waals surface area contributed by atoms with Crippen molar-refractivity contribution in [1.82, 2.24) is 9.13 Å². The fourth-order valence-electron chi connectivity index (χ4n) is 3.35. The fraction of sp³-hybridized carbons (Fsp3) is 0.190. The van der Waals surface area contributed by atoms with E-state index in [1.54, 1.807) is 13.0 Å². The number of hydrogen-bond acceptors (Lipinski definition) is 5. The average molecular weight is 408 g/mol. The lowest BCUT2D eigenvalue weighted by atomic mass is 10.1. The maximum atomic E-state index is 12.9. The Labute approximate surface area is 171 Å². The quantitative estimate of drug-likeness (QED) is 0.364. The summed E-state index contributed by atoms with van der Waals surface area (Å²) in [6.07, 6.45) is 0.940. The summed E-state index contributed by atoms with van der Waals surface area (Å²) in [7, 11) is 0. The molecule has 0 saturated carbocycles. The Morgan fingerprint density at radius 2 is 1.77 bits per heavy atom. The highest BCUT2D eigenvalue weighted by molar-refractivity contribution is 5.97. The topological polar surface area (TPSA) is 130 Å². The zero-order valence-corrected chi connectivity index (χ0v) is 16.5. The van der Waals surface area contributed by atoms with E-state index in [1.165, 1.54) is 0 Å². The van der Waals surface area contributed by atoms with Gasteiger partial charge in [0.1, 0.15) is 5.56 Å². The minimum absolute atomic E-state index is 0.402. The lowest BCUT2D eigenvalue weighted by Gasteiger charge is -2.10. The number of hydrogen-bond donors (Lipinski definition) is 1. The molecule has 0 aliphatic rings. The largest absolute Gasteiger partial charge is 0.365 e. The van der Waals surface area contributed by atoms with Gasteiger partial charge in [0, 0.05) is 29.6 Å². The van der Waals surface area contributed by atoms with Gasteiger partial charge in [-0.15, -0.1) is 0 Å². The maximum Gasteiger partial charge on any atom is 0.286 e. The second-order valence-electron chi connectivity index (χ2n) is 6.95. The van der Waals surface area contributed by atoms with E-state index in [2.05, 4.69) is 0 Å². The molecule has 154 valence electrons. The van der Waals surface area contributed by atoms with Crippen LogP contribution in [0.3, 0.4) is 0 Å². The predicted octanol–water partition coefficient (Wildman–Crippen LogP) is 2.20. The minimum atomic E-state index is -1.09. The van der Waals surface area contributed by atoms with Crippen LogP contribution in [-0.4, -0.2) is 25.7 Å². The molecule has 0 fully saturated rings. The zero-order valence-electron chi connectivity index (χ0n) is 16.5. The van der Waals surface area contributed by atoms with Gasteiger partial charge in [-0.05, 0) is 25.5 Å². The molecule has 0 atom stereocenters. The number of pyridine rings is 1. The van der Waals surface area contributed by atoms with Crippen molar-refractivity contribution in [3.05, 3.63) is 97.2 Å². The van der Waals surface area contributed by atoms with E-state index in [0.717, 1.165) is 33.8 Å².